The molecule has 0 saturated carbocycles. The highest BCUT2D eigenvalue weighted by Crippen LogP contribution is 2.26. The molecule has 0 aromatic carbocycles. The molecular weight excluding hydrogens is 392 g/mol. The predicted molar refractivity (Wildman–Crippen MR) is 108 cm³/mol. The first-order chi connectivity index (χ1) is 13.5. The molecule has 0 unspecified atom stereocenters. The zero-order chi connectivity index (χ0) is 21.1. The zero-order valence-electron chi connectivity index (χ0n) is 17.5. The monoisotopic (exact) mass is 418 g/mol. The predicted octanol–water partition coefficient (Wildman–Crippen LogP) is 0.973. The largest absolute Gasteiger partial charge is 0.352 e. The SMILES string of the molecule is Cc1nc(S(=O)(=O)N(C)C2CN(c3ccc4nnc(C(C)(C)C)n4n3)C2)cn1C. The molecule has 0 radical (unpaired) electrons. The van der Waals surface area contributed by atoms with Gasteiger partial charge in [0, 0.05) is 38.8 Å². The molecule has 29 heavy (non-hydrogen) atoms. The maximum absolute atomic E-state index is 12.9. The summed E-state index contributed by atoms with van der Waals surface area (Å²) < 4.78 is 30.6. The van der Waals surface area contributed by atoms with E-state index in [0.717, 1.165) is 11.6 Å². The van der Waals surface area contributed by atoms with Crippen LogP contribution in [0.15, 0.2) is 23.4 Å². The number of hydrogen-bond donors (Lipinski definition) is 0. The molecule has 11 heteroatoms. The minimum Gasteiger partial charge on any atom is -0.352 e. The summed E-state index contributed by atoms with van der Waals surface area (Å²) in [6.07, 6.45) is 1.55. The summed E-state index contributed by atoms with van der Waals surface area (Å²) in [6.45, 7) is 9.10. The number of aromatic nitrogens is 6. The second kappa shape index (κ2) is 6.49. The van der Waals surface area contributed by atoms with E-state index in [9.17, 15) is 8.42 Å². The number of rotatable bonds is 4. The molecular formula is C18H26N8O2S. The Morgan fingerprint density at radius 1 is 1.17 bits per heavy atom. The molecule has 10 nitrogen and oxygen atoms in total. The Labute approximate surface area is 170 Å². The van der Waals surface area contributed by atoms with E-state index in [-0.39, 0.29) is 16.5 Å². The second-order valence-corrected chi connectivity index (χ2v) is 10.5. The fourth-order valence-corrected chi connectivity index (χ4v) is 4.64. The van der Waals surface area contributed by atoms with Crippen molar-refractivity contribution >= 4 is 21.5 Å². The van der Waals surface area contributed by atoms with Crippen LogP contribution in [0.25, 0.3) is 5.65 Å². The lowest BCUT2D eigenvalue weighted by molar-refractivity contribution is 0.308. The van der Waals surface area contributed by atoms with Gasteiger partial charge in [0.1, 0.15) is 11.6 Å². The summed E-state index contributed by atoms with van der Waals surface area (Å²) in [5.41, 5.74) is 0.512. The van der Waals surface area contributed by atoms with E-state index >= 15 is 0 Å². The summed E-state index contributed by atoms with van der Waals surface area (Å²) in [5.74, 6) is 2.23. The van der Waals surface area contributed by atoms with Crippen molar-refractivity contribution in [3.8, 4) is 0 Å². The second-order valence-electron chi connectivity index (χ2n) is 8.55. The first-order valence-electron chi connectivity index (χ1n) is 9.44. The first kappa shape index (κ1) is 19.8. The van der Waals surface area contributed by atoms with E-state index in [4.69, 9.17) is 0 Å². The van der Waals surface area contributed by atoms with Crippen molar-refractivity contribution in [1.82, 2.24) is 33.7 Å². The fourth-order valence-electron chi connectivity index (χ4n) is 3.28. The van der Waals surface area contributed by atoms with Crippen molar-refractivity contribution < 1.29 is 8.42 Å². The standard InChI is InChI=1S/C18H26N8O2S/c1-12-19-16(11-23(12)5)29(27,28)24(6)13-9-25(10-13)15-8-7-14-20-21-17(18(2,3)4)26(14)22-15/h7-8,11,13H,9-10H2,1-6H3. The number of sulfonamides is 1. The number of hydrogen-bond acceptors (Lipinski definition) is 7. The third-order valence-corrected chi connectivity index (χ3v) is 7.13. The normalized spacial score (nSPS) is 16.0. The minimum atomic E-state index is -3.63. The molecule has 1 aliphatic heterocycles. The van der Waals surface area contributed by atoms with Crippen LogP contribution in [-0.2, 0) is 22.5 Å². The van der Waals surface area contributed by atoms with E-state index in [2.05, 4.69) is 41.1 Å². The average Bonchev–Trinajstić information content (AvgIpc) is 3.17. The maximum Gasteiger partial charge on any atom is 0.262 e. The topological polar surface area (TPSA) is 102 Å². The smallest absolute Gasteiger partial charge is 0.262 e. The van der Waals surface area contributed by atoms with Crippen LogP contribution in [0, 0.1) is 6.92 Å². The van der Waals surface area contributed by atoms with Gasteiger partial charge in [0.25, 0.3) is 10.0 Å². The van der Waals surface area contributed by atoms with E-state index in [1.165, 1.54) is 4.31 Å². The van der Waals surface area contributed by atoms with Gasteiger partial charge in [0.15, 0.2) is 16.5 Å². The van der Waals surface area contributed by atoms with Crippen LogP contribution >= 0.6 is 0 Å². The molecule has 3 aromatic rings. The Kier molecular flexibility index (Phi) is 4.43. The van der Waals surface area contributed by atoms with Gasteiger partial charge in [0.2, 0.25) is 0 Å². The molecule has 0 spiro atoms. The van der Waals surface area contributed by atoms with Crippen molar-refractivity contribution in [2.24, 2.45) is 7.05 Å². The lowest BCUT2D eigenvalue weighted by Gasteiger charge is -2.43. The summed E-state index contributed by atoms with van der Waals surface area (Å²) in [7, 11) is -0.240. The molecule has 4 rings (SSSR count). The lowest BCUT2D eigenvalue weighted by Crippen LogP contribution is -2.60. The number of anilines is 1. The molecule has 1 fully saturated rings. The Morgan fingerprint density at radius 3 is 2.45 bits per heavy atom. The molecule has 4 heterocycles. The summed E-state index contributed by atoms with van der Waals surface area (Å²) in [4.78, 5) is 6.22. The van der Waals surface area contributed by atoms with Crippen LogP contribution in [0.3, 0.4) is 0 Å². The van der Waals surface area contributed by atoms with E-state index in [0.29, 0.717) is 24.6 Å². The Balaban J connectivity index is 1.52. The molecule has 156 valence electrons. The van der Waals surface area contributed by atoms with E-state index in [1.807, 2.05) is 17.0 Å². The maximum atomic E-state index is 12.9. The van der Waals surface area contributed by atoms with Crippen molar-refractivity contribution in [3.05, 3.63) is 30.0 Å². The number of imidazole rings is 1. The zero-order valence-corrected chi connectivity index (χ0v) is 18.3. The van der Waals surface area contributed by atoms with Gasteiger partial charge >= 0.3 is 0 Å². The van der Waals surface area contributed by atoms with Crippen molar-refractivity contribution in [2.75, 3.05) is 25.0 Å². The van der Waals surface area contributed by atoms with Gasteiger partial charge < -0.3 is 9.47 Å². The third kappa shape index (κ3) is 3.27. The quantitative estimate of drug-likeness (QED) is 0.622. The number of aryl methyl sites for hydroxylation is 2. The molecule has 0 N–H and O–H groups in total. The van der Waals surface area contributed by atoms with Gasteiger partial charge in [0.05, 0.1) is 6.04 Å². The van der Waals surface area contributed by atoms with Crippen LogP contribution in [0.4, 0.5) is 5.82 Å². The van der Waals surface area contributed by atoms with E-state index < -0.39 is 10.0 Å². The fraction of sp³-hybridized carbons (Fsp3) is 0.556. The summed E-state index contributed by atoms with van der Waals surface area (Å²) >= 11 is 0. The molecule has 0 amide bonds. The molecule has 0 atom stereocenters. The minimum absolute atomic E-state index is 0.0808. The molecule has 1 aliphatic rings. The number of likely N-dealkylation sites (N-methyl/N-ethyl adjacent to an activating group) is 1. The first-order valence-corrected chi connectivity index (χ1v) is 10.9. The molecule has 3 aromatic heterocycles. The molecule has 0 bridgehead atoms. The number of fused-ring (bicyclic) bond motifs is 1. The Bertz CT molecular complexity index is 1150. The Hall–Kier alpha value is -2.53. The number of nitrogens with zero attached hydrogens (tertiary/aromatic N) is 8. The van der Waals surface area contributed by atoms with Gasteiger partial charge in [-0.15, -0.1) is 15.3 Å². The highest BCUT2D eigenvalue weighted by Gasteiger charge is 2.38. The van der Waals surface area contributed by atoms with Crippen molar-refractivity contribution in [2.45, 2.75) is 44.2 Å². The van der Waals surface area contributed by atoms with Gasteiger partial charge in [-0.2, -0.15) is 8.82 Å². The van der Waals surface area contributed by atoms with Crippen LogP contribution in [-0.4, -0.2) is 68.3 Å². The van der Waals surface area contributed by atoms with Gasteiger partial charge in [-0.1, -0.05) is 20.8 Å². The lowest BCUT2D eigenvalue weighted by atomic mass is 9.96. The third-order valence-electron chi connectivity index (χ3n) is 5.35. The average molecular weight is 419 g/mol. The van der Waals surface area contributed by atoms with Gasteiger partial charge in [-0.3, -0.25) is 0 Å². The summed E-state index contributed by atoms with van der Waals surface area (Å²) in [5, 5.41) is 13.2. The molecule has 1 saturated heterocycles. The summed E-state index contributed by atoms with van der Waals surface area (Å²) in [6, 6.07) is 3.64. The van der Waals surface area contributed by atoms with Crippen molar-refractivity contribution in [3.63, 3.8) is 0 Å². The van der Waals surface area contributed by atoms with Crippen molar-refractivity contribution in [1.29, 1.82) is 0 Å². The van der Waals surface area contributed by atoms with Gasteiger partial charge in [-0.25, -0.2) is 13.4 Å². The van der Waals surface area contributed by atoms with Crippen LogP contribution in [0.1, 0.15) is 32.4 Å². The Morgan fingerprint density at radius 2 is 1.86 bits per heavy atom. The van der Waals surface area contributed by atoms with Crippen LogP contribution in [0.2, 0.25) is 0 Å². The highest BCUT2D eigenvalue weighted by molar-refractivity contribution is 7.89. The van der Waals surface area contributed by atoms with Crippen LogP contribution < -0.4 is 4.90 Å². The van der Waals surface area contributed by atoms with Gasteiger partial charge in [-0.05, 0) is 19.1 Å². The molecule has 0 aliphatic carbocycles. The highest BCUT2D eigenvalue weighted by atomic mass is 32.2. The van der Waals surface area contributed by atoms with E-state index in [1.54, 1.807) is 36.3 Å². The van der Waals surface area contributed by atoms with Crippen LogP contribution in [0.5, 0.6) is 0 Å².